The molecule has 0 spiro atoms. The highest BCUT2D eigenvalue weighted by Gasteiger charge is 2.38. The highest BCUT2D eigenvalue weighted by Crippen LogP contribution is 2.38. The minimum Gasteiger partial charge on any atom is -0.478 e. The SMILES string of the molecule is CC(C)C1Oc2ccc([N+](=O)[O-])cc2N(CC(=O)Nc2ccccc2C(N)=O)C1=O. The Labute approximate surface area is 171 Å². The minimum atomic E-state index is -0.843. The van der Waals surface area contributed by atoms with Gasteiger partial charge in [-0.05, 0) is 24.1 Å². The van der Waals surface area contributed by atoms with Crippen molar-refractivity contribution in [1.82, 2.24) is 0 Å². The zero-order chi connectivity index (χ0) is 22.0. The van der Waals surface area contributed by atoms with Gasteiger partial charge < -0.3 is 15.8 Å². The highest BCUT2D eigenvalue weighted by molar-refractivity contribution is 6.08. The summed E-state index contributed by atoms with van der Waals surface area (Å²) >= 11 is 0. The van der Waals surface area contributed by atoms with E-state index in [-0.39, 0.29) is 34.3 Å². The maximum Gasteiger partial charge on any atom is 0.271 e. The number of primary amides is 1. The molecule has 0 radical (unpaired) electrons. The Bertz CT molecular complexity index is 1040. The van der Waals surface area contributed by atoms with Crippen LogP contribution in [0.25, 0.3) is 0 Å². The van der Waals surface area contributed by atoms with Crippen molar-refractivity contribution < 1.29 is 24.0 Å². The van der Waals surface area contributed by atoms with Crippen molar-refractivity contribution >= 4 is 34.8 Å². The summed E-state index contributed by atoms with van der Waals surface area (Å²) in [5, 5.41) is 13.7. The molecule has 0 aliphatic carbocycles. The van der Waals surface area contributed by atoms with E-state index in [0.717, 1.165) is 4.90 Å². The molecule has 0 bridgehead atoms. The van der Waals surface area contributed by atoms with E-state index in [4.69, 9.17) is 10.5 Å². The summed E-state index contributed by atoms with van der Waals surface area (Å²) < 4.78 is 5.71. The minimum absolute atomic E-state index is 0.121. The number of rotatable bonds is 6. The van der Waals surface area contributed by atoms with Crippen LogP contribution < -0.4 is 20.7 Å². The van der Waals surface area contributed by atoms with E-state index < -0.39 is 35.3 Å². The van der Waals surface area contributed by atoms with Crippen LogP contribution in [0.15, 0.2) is 42.5 Å². The number of nitrogens with one attached hydrogen (secondary N) is 1. The lowest BCUT2D eigenvalue weighted by Gasteiger charge is -2.35. The molecule has 0 fully saturated rings. The lowest BCUT2D eigenvalue weighted by Crippen LogP contribution is -2.50. The van der Waals surface area contributed by atoms with Crippen LogP contribution >= 0.6 is 0 Å². The van der Waals surface area contributed by atoms with E-state index in [9.17, 15) is 24.5 Å². The number of amides is 3. The number of hydrogen-bond acceptors (Lipinski definition) is 6. The Morgan fingerprint density at radius 3 is 2.60 bits per heavy atom. The van der Waals surface area contributed by atoms with Crippen molar-refractivity contribution in [3.8, 4) is 5.75 Å². The van der Waals surface area contributed by atoms with Crippen molar-refractivity contribution in [2.24, 2.45) is 11.7 Å². The van der Waals surface area contributed by atoms with Gasteiger partial charge in [0.25, 0.3) is 17.5 Å². The lowest BCUT2D eigenvalue weighted by molar-refractivity contribution is -0.384. The monoisotopic (exact) mass is 412 g/mol. The van der Waals surface area contributed by atoms with Crippen molar-refractivity contribution in [2.75, 3.05) is 16.8 Å². The molecule has 3 N–H and O–H groups in total. The summed E-state index contributed by atoms with van der Waals surface area (Å²) in [6.07, 6.45) is -0.843. The molecular formula is C20H20N4O6. The second-order valence-electron chi connectivity index (χ2n) is 7.07. The molecule has 0 aromatic heterocycles. The first-order chi connectivity index (χ1) is 14.2. The molecule has 3 amide bonds. The van der Waals surface area contributed by atoms with Gasteiger partial charge in [0, 0.05) is 12.1 Å². The highest BCUT2D eigenvalue weighted by atomic mass is 16.6. The molecule has 1 unspecified atom stereocenters. The second kappa shape index (κ2) is 8.19. The maximum absolute atomic E-state index is 13.0. The van der Waals surface area contributed by atoms with Crippen molar-refractivity contribution in [1.29, 1.82) is 0 Å². The van der Waals surface area contributed by atoms with Crippen LogP contribution in [0.2, 0.25) is 0 Å². The number of carbonyl (C=O) groups excluding carboxylic acids is 3. The number of ether oxygens (including phenoxy) is 1. The standard InChI is InChI=1S/C20H20N4O6/c1-11(2)18-20(27)23(15-9-12(24(28)29)7-8-16(15)30-18)10-17(25)22-14-6-4-3-5-13(14)19(21)26/h3-9,11,18H,10H2,1-2H3,(H2,21,26)(H,22,25). The number of anilines is 2. The fourth-order valence-electron chi connectivity index (χ4n) is 3.11. The van der Waals surface area contributed by atoms with Crippen LogP contribution in [0.5, 0.6) is 5.75 Å². The van der Waals surface area contributed by atoms with Gasteiger partial charge in [0.05, 0.1) is 21.9 Å². The molecule has 3 rings (SSSR count). The molecule has 156 valence electrons. The number of nitro benzene ring substituents is 1. The number of nitro groups is 1. The molecule has 1 atom stereocenters. The Hall–Kier alpha value is -3.95. The average Bonchev–Trinajstić information content (AvgIpc) is 2.69. The second-order valence-corrected chi connectivity index (χ2v) is 7.07. The summed E-state index contributed by atoms with van der Waals surface area (Å²) in [4.78, 5) is 48.9. The van der Waals surface area contributed by atoms with Gasteiger partial charge in [-0.1, -0.05) is 26.0 Å². The first-order valence-electron chi connectivity index (χ1n) is 9.14. The van der Waals surface area contributed by atoms with Gasteiger partial charge in [-0.3, -0.25) is 29.4 Å². The van der Waals surface area contributed by atoms with Gasteiger partial charge in [0.15, 0.2) is 6.10 Å². The van der Waals surface area contributed by atoms with Crippen LogP contribution in [-0.4, -0.2) is 35.3 Å². The number of non-ortho nitro benzene ring substituents is 1. The molecule has 10 heteroatoms. The molecule has 10 nitrogen and oxygen atoms in total. The number of nitrogens with zero attached hydrogens (tertiary/aromatic N) is 2. The summed E-state index contributed by atoms with van der Waals surface area (Å²) in [5.74, 6) is -1.73. The van der Waals surface area contributed by atoms with Crippen molar-refractivity contribution in [3.05, 3.63) is 58.1 Å². The topological polar surface area (TPSA) is 145 Å². The molecule has 0 saturated carbocycles. The predicted molar refractivity (Wildman–Crippen MR) is 108 cm³/mol. The molecule has 1 aliphatic rings. The average molecular weight is 412 g/mol. The Balaban J connectivity index is 1.92. The fourth-order valence-corrected chi connectivity index (χ4v) is 3.11. The van der Waals surface area contributed by atoms with Gasteiger partial charge >= 0.3 is 0 Å². The zero-order valence-electron chi connectivity index (χ0n) is 16.3. The Morgan fingerprint density at radius 2 is 1.97 bits per heavy atom. The summed E-state index contributed by atoms with van der Waals surface area (Å²) in [6.45, 7) is 3.16. The van der Waals surface area contributed by atoms with E-state index in [1.165, 1.54) is 30.3 Å². The van der Waals surface area contributed by atoms with Gasteiger partial charge in [-0.15, -0.1) is 0 Å². The first kappa shape index (κ1) is 20.8. The van der Waals surface area contributed by atoms with Crippen LogP contribution in [0.4, 0.5) is 17.1 Å². The predicted octanol–water partition coefficient (Wildman–Crippen LogP) is 2.08. The normalized spacial score (nSPS) is 15.4. The van der Waals surface area contributed by atoms with Crippen molar-refractivity contribution in [2.45, 2.75) is 20.0 Å². The van der Waals surface area contributed by atoms with Gasteiger partial charge in [-0.2, -0.15) is 0 Å². The van der Waals surface area contributed by atoms with Gasteiger partial charge in [0.2, 0.25) is 5.91 Å². The summed E-state index contributed by atoms with van der Waals surface area (Å²) in [7, 11) is 0. The molecular weight excluding hydrogens is 392 g/mol. The molecule has 1 aliphatic heterocycles. The van der Waals surface area contributed by atoms with E-state index in [2.05, 4.69) is 5.32 Å². The number of carbonyl (C=O) groups is 3. The number of benzene rings is 2. The van der Waals surface area contributed by atoms with Crippen molar-refractivity contribution in [3.63, 3.8) is 0 Å². The third kappa shape index (κ3) is 4.07. The number of hydrogen-bond donors (Lipinski definition) is 2. The van der Waals surface area contributed by atoms with Crippen LogP contribution in [0, 0.1) is 16.0 Å². The summed E-state index contributed by atoms with van der Waals surface area (Å²) in [5.41, 5.74) is 5.54. The van der Waals surface area contributed by atoms with Crippen LogP contribution in [0.1, 0.15) is 24.2 Å². The molecule has 2 aromatic carbocycles. The van der Waals surface area contributed by atoms with Gasteiger partial charge in [0.1, 0.15) is 12.3 Å². The van der Waals surface area contributed by atoms with Gasteiger partial charge in [-0.25, -0.2) is 0 Å². The number of para-hydroxylation sites is 1. The summed E-state index contributed by atoms with van der Waals surface area (Å²) in [6, 6.07) is 10.1. The Morgan fingerprint density at radius 1 is 1.27 bits per heavy atom. The third-order valence-electron chi connectivity index (χ3n) is 4.58. The Kier molecular flexibility index (Phi) is 5.67. The van der Waals surface area contributed by atoms with E-state index >= 15 is 0 Å². The fraction of sp³-hybridized carbons (Fsp3) is 0.250. The maximum atomic E-state index is 13.0. The zero-order valence-corrected chi connectivity index (χ0v) is 16.3. The van der Waals surface area contributed by atoms with Crippen LogP contribution in [-0.2, 0) is 9.59 Å². The quantitative estimate of drug-likeness (QED) is 0.549. The smallest absolute Gasteiger partial charge is 0.271 e. The van der Waals surface area contributed by atoms with Crippen LogP contribution in [0.3, 0.4) is 0 Å². The molecule has 1 heterocycles. The molecule has 30 heavy (non-hydrogen) atoms. The first-order valence-corrected chi connectivity index (χ1v) is 9.14. The number of fused-ring (bicyclic) bond motifs is 1. The molecule has 2 aromatic rings. The third-order valence-corrected chi connectivity index (χ3v) is 4.58. The number of nitrogens with two attached hydrogens (primary N) is 1. The largest absolute Gasteiger partial charge is 0.478 e. The molecule has 0 saturated heterocycles. The van der Waals surface area contributed by atoms with E-state index in [1.807, 2.05) is 0 Å². The van der Waals surface area contributed by atoms with E-state index in [0.29, 0.717) is 0 Å². The lowest BCUT2D eigenvalue weighted by atomic mass is 10.0. The van der Waals surface area contributed by atoms with E-state index in [1.54, 1.807) is 26.0 Å².